The first-order valence-corrected chi connectivity index (χ1v) is 5.34. The summed E-state index contributed by atoms with van der Waals surface area (Å²) in [5, 5.41) is 2.80. The Kier molecular flexibility index (Phi) is 1.79. The zero-order valence-electron chi connectivity index (χ0n) is 8.53. The van der Waals surface area contributed by atoms with Gasteiger partial charge in [-0.1, -0.05) is 36.4 Å². The fourth-order valence-electron chi connectivity index (χ4n) is 2.66. The molecule has 3 rings (SSSR count). The number of hydrogen-bond acceptors (Lipinski definition) is 0. The van der Waals surface area contributed by atoms with Crippen molar-refractivity contribution in [2.45, 2.75) is 18.8 Å². The predicted octanol–water partition coefficient (Wildman–Crippen LogP) is 3.50. The van der Waals surface area contributed by atoms with E-state index in [0.717, 1.165) is 12.8 Å². The minimum atomic E-state index is 0.538. The molecule has 0 spiro atoms. The van der Waals surface area contributed by atoms with Crippen LogP contribution in [0.15, 0.2) is 36.4 Å². The highest BCUT2D eigenvalue weighted by molar-refractivity contribution is 5.91. The van der Waals surface area contributed by atoms with Crippen LogP contribution in [0, 0.1) is 12.3 Å². The summed E-state index contributed by atoms with van der Waals surface area (Å²) in [4.78, 5) is 0. The zero-order chi connectivity index (χ0) is 10.3. The highest BCUT2D eigenvalue weighted by atomic mass is 14.3. The van der Waals surface area contributed by atoms with E-state index in [4.69, 9.17) is 6.42 Å². The third kappa shape index (κ3) is 1.17. The first-order chi connectivity index (χ1) is 7.40. The first kappa shape index (κ1) is 8.56. The SMILES string of the molecule is C#CCC1Cc2cccc3cccc1c23. The largest absolute Gasteiger partial charge is 0.120 e. The Labute approximate surface area is 89.9 Å². The molecule has 0 fully saturated rings. The number of hydrogen-bond donors (Lipinski definition) is 0. The van der Waals surface area contributed by atoms with Crippen molar-refractivity contribution >= 4 is 10.8 Å². The summed E-state index contributed by atoms with van der Waals surface area (Å²) in [6.45, 7) is 0. The molecular formula is C15H12. The van der Waals surface area contributed by atoms with Gasteiger partial charge in [0.1, 0.15) is 0 Å². The van der Waals surface area contributed by atoms with Crippen LogP contribution in [0.1, 0.15) is 23.5 Å². The van der Waals surface area contributed by atoms with Crippen LogP contribution in [0.2, 0.25) is 0 Å². The summed E-state index contributed by atoms with van der Waals surface area (Å²) in [6, 6.07) is 13.1. The Morgan fingerprint density at radius 3 is 2.80 bits per heavy atom. The first-order valence-electron chi connectivity index (χ1n) is 5.34. The molecule has 2 aromatic carbocycles. The smallest absolute Gasteiger partial charge is 0.0158 e. The highest BCUT2D eigenvalue weighted by Gasteiger charge is 2.22. The van der Waals surface area contributed by atoms with Crippen molar-refractivity contribution in [2.75, 3.05) is 0 Å². The van der Waals surface area contributed by atoms with E-state index >= 15 is 0 Å². The Morgan fingerprint density at radius 1 is 1.20 bits per heavy atom. The molecule has 72 valence electrons. The fraction of sp³-hybridized carbons (Fsp3) is 0.200. The van der Waals surface area contributed by atoms with E-state index in [2.05, 4.69) is 42.3 Å². The molecule has 0 saturated heterocycles. The molecule has 1 unspecified atom stereocenters. The number of rotatable bonds is 1. The van der Waals surface area contributed by atoms with Crippen LogP contribution in [-0.2, 0) is 6.42 Å². The molecule has 0 heteroatoms. The van der Waals surface area contributed by atoms with Gasteiger partial charge in [0, 0.05) is 6.42 Å². The summed E-state index contributed by atoms with van der Waals surface area (Å²) in [6.07, 6.45) is 7.39. The second-order valence-electron chi connectivity index (χ2n) is 4.17. The van der Waals surface area contributed by atoms with Crippen molar-refractivity contribution in [3.05, 3.63) is 47.5 Å². The van der Waals surface area contributed by atoms with E-state index in [1.165, 1.54) is 21.9 Å². The van der Waals surface area contributed by atoms with Crippen LogP contribution in [0.4, 0.5) is 0 Å². The van der Waals surface area contributed by atoms with E-state index < -0.39 is 0 Å². The van der Waals surface area contributed by atoms with Crippen LogP contribution < -0.4 is 0 Å². The molecule has 0 aromatic heterocycles. The molecule has 2 aromatic rings. The van der Waals surface area contributed by atoms with Gasteiger partial charge in [0.05, 0.1) is 0 Å². The van der Waals surface area contributed by atoms with Crippen LogP contribution in [0.5, 0.6) is 0 Å². The Morgan fingerprint density at radius 2 is 2.00 bits per heavy atom. The lowest BCUT2D eigenvalue weighted by Crippen LogP contribution is -1.93. The molecule has 0 bridgehead atoms. The van der Waals surface area contributed by atoms with Crippen molar-refractivity contribution in [1.82, 2.24) is 0 Å². The Balaban J connectivity index is 2.28. The second-order valence-corrected chi connectivity index (χ2v) is 4.17. The molecule has 1 atom stereocenters. The van der Waals surface area contributed by atoms with Crippen LogP contribution >= 0.6 is 0 Å². The molecule has 15 heavy (non-hydrogen) atoms. The Bertz CT molecular complexity index is 553. The monoisotopic (exact) mass is 192 g/mol. The molecule has 1 aliphatic rings. The van der Waals surface area contributed by atoms with Gasteiger partial charge in [-0.25, -0.2) is 0 Å². The van der Waals surface area contributed by atoms with Crippen molar-refractivity contribution in [2.24, 2.45) is 0 Å². The van der Waals surface area contributed by atoms with E-state index in [9.17, 15) is 0 Å². The van der Waals surface area contributed by atoms with Crippen molar-refractivity contribution in [1.29, 1.82) is 0 Å². The fourth-order valence-corrected chi connectivity index (χ4v) is 2.66. The van der Waals surface area contributed by atoms with Gasteiger partial charge in [-0.2, -0.15) is 0 Å². The van der Waals surface area contributed by atoms with Crippen molar-refractivity contribution in [3.63, 3.8) is 0 Å². The number of benzene rings is 2. The lowest BCUT2D eigenvalue weighted by Gasteiger charge is -2.06. The van der Waals surface area contributed by atoms with Gasteiger partial charge in [-0.05, 0) is 34.2 Å². The predicted molar refractivity (Wildman–Crippen MR) is 63.8 cm³/mol. The Hall–Kier alpha value is -1.74. The van der Waals surface area contributed by atoms with Gasteiger partial charge < -0.3 is 0 Å². The van der Waals surface area contributed by atoms with E-state index in [1.54, 1.807) is 0 Å². The van der Waals surface area contributed by atoms with Gasteiger partial charge >= 0.3 is 0 Å². The zero-order valence-corrected chi connectivity index (χ0v) is 8.53. The van der Waals surface area contributed by atoms with Crippen LogP contribution in [0.3, 0.4) is 0 Å². The van der Waals surface area contributed by atoms with Crippen molar-refractivity contribution < 1.29 is 0 Å². The molecule has 0 saturated carbocycles. The average Bonchev–Trinajstić information content (AvgIpc) is 2.61. The summed E-state index contributed by atoms with van der Waals surface area (Å²) in [7, 11) is 0. The maximum absolute atomic E-state index is 5.42. The summed E-state index contributed by atoms with van der Waals surface area (Å²) < 4.78 is 0. The lowest BCUT2D eigenvalue weighted by molar-refractivity contribution is 0.739. The molecular weight excluding hydrogens is 180 g/mol. The maximum atomic E-state index is 5.42. The molecule has 0 amide bonds. The molecule has 0 heterocycles. The minimum Gasteiger partial charge on any atom is -0.120 e. The maximum Gasteiger partial charge on any atom is 0.0158 e. The van der Waals surface area contributed by atoms with Gasteiger partial charge in [-0.3, -0.25) is 0 Å². The van der Waals surface area contributed by atoms with Gasteiger partial charge in [-0.15, -0.1) is 12.3 Å². The summed E-state index contributed by atoms with van der Waals surface area (Å²) in [5.41, 5.74) is 2.91. The highest BCUT2D eigenvalue weighted by Crippen LogP contribution is 2.39. The summed E-state index contributed by atoms with van der Waals surface area (Å²) in [5.74, 6) is 3.33. The molecule has 0 nitrogen and oxygen atoms in total. The average molecular weight is 192 g/mol. The third-order valence-electron chi connectivity index (χ3n) is 3.29. The van der Waals surface area contributed by atoms with Gasteiger partial charge in [0.15, 0.2) is 0 Å². The minimum absolute atomic E-state index is 0.538. The topological polar surface area (TPSA) is 0 Å². The van der Waals surface area contributed by atoms with Gasteiger partial charge in [0.2, 0.25) is 0 Å². The van der Waals surface area contributed by atoms with E-state index in [-0.39, 0.29) is 0 Å². The molecule has 0 N–H and O–H groups in total. The quantitative estimate of drug-likeness (QED) is 0.606. The van der Waals surface area contributed by atoms with Crippen molar-refractivity contribution in [3.8, 4) is 12.3 Å². The second kappa shape index (κ2) is 3.14. The molecule has 0 radical (unpaired) electrons. The van der Waals surface area contributed by atoms with Crippen LogP contribution in [-0.4, -0.2) is 0 Å². The van der Waals surface area contributed by atoms with Gasteiger partial charge in [0.25, 0.3) is 0 Å². The van der Waals surface area contributed by atoms with E-state index in [0.29, 0.717) is 5.92 Å². The summed E-state index contributed by atoms with van der Waals surface area (Å²) >= 11 is 0. The van der Waals surface area contributed by atoms with E-state index in [1.807, 2.05) is 0 Å². The standard InChI is InChI=1S/C15H12/c1-2-5-12-10-13-8-3-6-11-7-4-9-14(12)15(11)13/h1,3-4,6-9,12H,5,10H2. The lowest BCUT2D eigenvalue weighted by atomic mass is 9.97. The molecule has 0 aliphatic heterocycles. The van der Waals surface area contributed by atoms with Crippen LogP contribution in [0.25, 0.3) is 10.8 Å². The molecule has 1 aliphatic carbocycles. The third-order valence-corrected chi connectivity index (χ3v) is 3.29. The number of terminal acetylenes is 1. The normalized spacial score (nSPS) is 17.9.